The van der Waals surface area contributed by atoms with Gasteiger partial charge in [0.2, 0.25) is 0 Å². The summed E-state index contributed by atoms with van der Waals surface area (Å²) in [5.41, 5.74) is 1.74. The van der Waals surface area contributed by atoms with Gasteiger partial charge in [0.05, 0.1) is 24.0 Å². The third-order valence-electron chi connectivity index (χ3n) is 2.83. The molecule has 6 nitrogen and oxygen atoms in total. The second-order valence-corrected chi connectivity index (χ2v) is 3.96. The van der Waals surface area contributed by atoms with Gasteiger partial charge < -0.3 is 20.1 Å². The molecular formula is C12H14N2O4. The lowest BCUT2D eigenvalue weighted by atomic mass is 10.1. The first-order valence-electron chi connectivity index (χ1n) is 5.55. The highest BCUT2D eigenvalue weighted by Crippen LogP contribution is 2.29. The second-order valence-electron chi connectivity index (χ2n) is 3.96. The van der Waals surface area contributed by atoms with E-state index in [0.717, 1.165) is 5.69 Å². The van der Waals surface area contributed by atoms with Crippen molar-refractivity contribution in [2.45, 2.75) is 0 Å². The molecule has 0 atom stereocenters. The number of methoxy groups -OCH3 is 1. The van der Waals surface area contributed by atoms with Crippen LogP contribution in [-0.2, 0) is 9.53 Å². The summed E-state index contributed by atoms with van der Waals surface area (Å²) in [7, 11) is 1.33. The third kappa shape index (κ3) is 2.37. The Labute approximate surface area is 104 Å². The van der Waals surface area contributed by atoms with Gasteiger partial charge in [0.25, 0.3) is 0 Å². The molecule has 0 aromatic heterocycles. The fourth-order valence-electron chi connectivity index (χ4n) is 1.91. The van der Waals surface area contributed by atoms with Crippen molar-refractivity contribution in [3.8, 4) is 0 Å². The molecular weight excluding hydrogens is 236 g/mol. The van der Waals surface area contributed by atoms with Gasteiger partial charge in [-0.05, 0) is 18.2 Å². The normalized spacial score (nSPS) is 13.5. The molecule has 1 heterocycles. The molecule has 6 heteroatoms. The third-order valence-corrected chi connectivity index (χ3v) is 2.83. The Balaban J connectivity index is 2.31. The molecule has 2 rings (SSSR count). The van der Waals surface area contributed by atoms with E-state index in [1.165, 1.54) is 13.2 Å². The van der Waals surface area contributed by atoms with Gasteiger partial charge in [-0.3, -0.25) is 4.79 Å². The zero-order valence-electron chi connectivity index (χ0n) is 9.97. The predicted molar refractivity (Wildman–Crippen MR) is 66.1 cm³/mol. The Kier molecular flexibility index (Phi) is 3.36. The molecule has 96 valence electrons. The monoisotopic (exact) mass is 250 g/mol. The van der Waals surface area contributed by atoms with Crippen LogP contribution in [-0.4, -0.2) is 43.8 Å². The Morgan fingerprint density at radius 1 is 1.50 bits per heavy atom. The maximum absolute atomic E-state index is 11.3. The summed E-state index contributed by atoms with van der Waals surface area (Å²) in [4.78, 5) is 24.1. The molecule has 2 N–H and O–H groups in total. The van der Waals surface area contributed by atoms with E-state index in [1.54, 1.807) is 12.1 Å². The highest BCUT2D eigenvalue weighted by atomic mass is 16.5. The number of benzene rings is 1. The van der Waals surface area contributed by atoms with Gasteiger partial charge in [0, 0.05) is 13.1 Å². The quantitative estimate of drug-likeness (QED) is 0.772. The number of esters is 1. The number of carboxylic acids is 1. The largest absolute Gasteiger partial charge is 0.478 e. The predicted octanol–water partition coefficient (Wildman–Crippen LogP) is 0.790. The SMILES string of the molecule is COC(=O)CN1CCNc2ccc(C(=O)O)cc21. The molecule has 0 saturated carbocycles. The molecule has 18 heavy (non-hydrogen) atoms. The smallest absolute Gasteiger partial charge is 0.335 e. The van der Waals surface area contributed by atoms with Gasteiger partial charge >= 0.3 is 11.9 Å². The van der Waals surface area contributed by atoms with Crippen LogP contribution in [0.3, 0.4) is 0 Å². The van der Waals surface area contributed by atoms with Crippen molar-refractivity contribution in [2.75, 3.05) is 37.0 Å². The number of hydrogen-bond acceptors (Lipinski definition) is 5. The summed E-state index contributed by atoms with van der Waals surface area (Å²) in [5.74, 6) is -1.33. The average molecular weight is 250 g/mol. The fraction of sp³-hybridized carbons (Fsp3) is 0.333. The molecule has 1 aromatic carbocycles. The first-order valence-corrected chi connectivity index (χ1v) is 5.55. The number of hydrogen-bond donors (Lipinski definition) is 2. The van der Waals surface area contributed by atoms with Gasteiger partial charge in [0.1, 0.15) is 6.54 Å². The lowest BCUT2D eigenvalue weighted by molar-refractivity contribution is -0.138. The summed E-state index contributed by atoms with van der Waals surface area (Å²) in [6.45, 7) is 1.45. The first kappa shape index (κ1) is 12.2. The molecule has 0 fully saturated rings. The Bertz CT molecular complexity index is 487. The minimum atomic E-state index is -0.985. The van der Waals surface area contributed by atoms with E-state index in [4.69, 9.17) is 5.11 Å². The molecule has 1 aliphatic heterocycles. The van der Waals surface area contributed by atoms with Gasteiger partial charge in [-0.15, -0.1) is 0 Å². The van der Waals surface area contributed by atoms with Crippen LogP contribution in [0.1, 0.15) is 10.4 Å². The number of carboxylic acid groups (broad SMARTS) is 1. The van der Waals surface area contributed by atoms with Gasteiger partial charge in [-0.1, -0.05) is 0 Å². The minimum Gasteiger partial charge on any atom is -0.478 e. The van der Waals surface area contributed by atoms with Crippen molar-refractivity contribution in [3.63, 3.8) is 0 Å². The number of fused-ring (bicyclic) bond motifs is 1. The minimum absolute atomic E-state index is 0.119. The van der Waals surface area contributed by atoms with Crippen LogP contribution < -0.4 is 10.2 Å². The standard InChI is InChI=1S/C12H14N2O4/c1-18-11(15)7-14-5-4-13-9-3-2-8(12(16)17)6-10(9)14/h2-3,6,13H,4-5,7H2,1H3,(H,16,17). The van der Waals surface area contributed by atoms with Crippen LogP contribution >= 0.6 is 0 Å². The van der Waals surface area contributed by atoms with E-state index in [2.05, 4.69) is 10.1 Å². The zero-order chi connectivity index (χ0) is 13.1. The molecule has 1 aromatic rings. The summed E-state index contributed by atoms with van der Waals surface area (Å²) in [5, 5.41) is 12.1. The molecule has 0 spiro atoms. The number of carbonyl (C=O) groups excluding carboxylic acids is 1. The molecule has 1 aliphatic rings. The Morgan fingerprint density at radius 3 is 2.94 bits per heavy atom. The summed E-state index contributed by atoms with van der Waals surface area (Å²) >= 11 is 0. The number of aromatic carboxylic acids is 1. The number of nitrogens with zero attached hydrogens (tertiary/aromatic N) is 1. The second kappa shape index (κ2) is 4.95. The van der Waals surface area contributed by atoms with E-state index in [9.17, 15) is 9.59 Å². The van der Waals surface area contributed by atoms with E-state index >= 15 is 0 Å². The summed E-state index contributed by atoms with van der Waals surface area (Å²) in [6, 6.07) is 4.81. The lowest BCUT2D eigenvalue weighted by Gasteiger charge is -2.31. The topological polar surface area (TPSA) is 78.9 Å². The molecule has 0 unspecified atom stereocenters. The van der Waals surface area contributed by atoms with Crippen molar-refractivity contribution in [2.24, 2.45) is 0 Å². The number of ether oxygens (including phenoxy) is 1. The van der Waals surface area contributed by atoms with Gasteiger partial charge in [-0.25, -0.2) is 4.79 Å². The summed E-state index contributed by atoms with van der Waals surface area (Å²) < 4.78 is 4.63. The molecule has 0 saturated heterocycles. The van der Waals surface area contributed by atoms with Crippen molar-refractivity contribution in [3.05, 3.63) is 23.8 Å². The van der Waals surface area contributed by atoms with Crippen molar-refractivity contribution in [1.82, 2.24) is 0 Å². The maximum atomic E-state index is 11.3. The van der Waals surface area contributed by atoms with E-state index in [-0.39, 0.29) is 18.1 Å². The van der Waals surface area contributed by atoms with Crippen LogP contribution in [0.2, 0.25) is 0 Å². The van der Waals surface area contributed by atoms with Crippen LogP contribution in [0.25, 0.3) is 0 Å². The van der Waals surface area contributed by atoms with Crippen LogP contribution in [0, 0.1) is 0 Å². The number of carbonyl (C=O) groups is 2. The molecule has 0 amide bonds. The van der Waals surface area contributed by atoms with Crippen LogP contribution in [0.5, 0.6) is 0 Å². The Hall–Kier alpha value is -2.24. The van der Waals surface area contributed by atoms with Gasteiger partial charge in [0.15, 0.2) is 0 Å². The summed E-state index contributed by atoms with van der Waals surface area (Å²) in [6.07, 6.45) is 0. The number of rotatable bonds is 3. The van der Waals surface area contributed by atoms with Crippen molar-refractivity contribution >= 4 is 23.3 Å². The maximum Gasteiger partial charge on any atom is 0.335 e. The number of nitrogens with one attached hydrogen (secondary N) is 1. The van der Waals surface area contributed by atoms with E-state index in [1.807, 2.05) is 4.90 Å². The lowest BCUT2D eigenvalue weighted by Crippen LogP contribution is -2.38. The molecule has 0 radical (unpaired) electrons. The average Bonchev–Trinajstić information content (AvgIpc) is 2.38. The van der Waals surface area contributed by atoms with Crippen molar-refractivity contribution in [1.29, 1.82) is 0 Å². The van der Waals surface area contributed by atoms with E-state index in [0.29, 0.717) is 18.8 Å². The van der Waals surface area contributed by atoms with E-state index < -0.39 is 5.97 Å². The fourth-order valence-corrected chi connectivity index (χ4v) is 1.91. The number of anilines is 2. The molecule has 0 aliphatic carbocycles. The van der Waals surface area contributed by atoms with Crippen LogP contribution in [0.15, 0.2) is 18.2 Å². The first-order chi connectivity index (χ1) is 8.61. The van der Waals surface area contributed by atoms with Crippen LogP contribution in [0.4, 0.5) is 11.4 Å². The van der Waals surface area contributed by atoms with Crippen molar-refractivity contribution < 1.29 is 19.4 Å². The van der Waals surface area contributed by atoms with Gasteiger partial charge in [-0.2, -0.15) is 0 Å². The highest BCUT2D eigenvalue weighted by molar-refractivity contribution is 5.92. The highest BCUT2D eigenvalue weighted by Gasteiger charge is 2.20. The zero-order valence-corrected chi connectivity index (χ0v) is 9.97. The Morgan fingerprint density at radius 2 is 2.28 bits per heavy atom. The molecule has 0 bridgehead atoms.